The SMILES string of the molecule is COc1ncc(-c2cnc3c(NC4CCC(O)CC4)nccn23)c(OC)n1. The summed E-state index contributed by atoms with van der Waals surface area (Å²) in [6.07, 6.45) is 10.2. The topological polar surface area (TPSA) is 107 Å². The van der Waals surface area contributed by atoms with Crippen molar-refractivity contribution in [2.75, 3.05) is 19.5 Å². The lowest BCUT2D eigenvalue weighted by Gasteiger charge is -2.26. The predicted molar refractivity (Wildman–Crippen MR) is 99.0 cm³/mol. The molecule has 0 aliphatic heterocycles. The molecule has 0 amide bonds. The Morgan fingerprint density at radius 1 is 1.07 bits per heavy atom. The predicted octanol–water partition coefficient (Wildman–Crippen LogP) is 1.92. The fourth-order valence-corrected chi connectivity index (χ4v) is 3.41. The average molecular weight is 370 g/mol. The quantitative estimate of drug-likeness (QED) is 0.701. The van der Waals surface area contributed by atoms with Crippen LogP contribution in [0.15, 0.2) is 24.8 Å². The lowest BCUT2D eigenvalue weighted by atomic mass is 9.93. The van der Waals surface area contributed by atoms with Crippen molar-refractivity contribution in [2.45, 2.75) is 37.8 Å². The number of ether oxygens (including phenoxy) is 2. The molecule has 3 aromatic heterocycles. The molecule has 3 aromatic rings. The molecule has 1 saturated carbocycles. The molecule has 4 rings (SSSR count). The van der Waals surface area contributed by atoms with E-state index in [0.29, 0.717) is 11.4 Å². The number of methoxy groups -OCH3 is 2. The van der Waals surface area contributed by atoms with Gasteiger partial charge in [0.15, 0.2) is 11.5 Å². The largest absolute Gasteiger partial charge is 0.480 e. The second-order valence-electron chi connectivity index (χ2n) is 6.54. The minimum atomic E-state index is -0.188. The fourth-order valence-electron chi connectivity index (χ4n) is 3.41. The number of aliphatic hydroxyl groups is 1. The lowest BCUT2D eigenvalue weighted by molar-refractivity contribution is 0.126. The Labute approximate surface area is 156 Å². The van der Waals surface area contributed by atoms with Crippen LogP contribution in [0.5, 0.6) is 11.9 Å². The van der Waals surface area contributed by atoms with Gasteiger partial charge in [0.25, 0.3) is 0 Å². The molecule has 9 nitrogen and oxygen atoms in total. The summed E-state index contributed by atoms with van der Waals surface area (Å²) >= 11 is 0. The Morgan fingerprint density at radius 3 is 2.63 bits per heavy atom. The van der Waals surface area contributed by atoms with Gasteiger partial charge in [-0.3, -0.25) is 4.40 Å². The van der Waals surface area contributed by atoms with E-state index < -0.39 is 0 Å². The summed E-state index contributed by atoms with van der Waals surface area (Å²) in [6.45, 7) is 0. The molecule has 0 saturated heterocycles. The van der Waals surface area contributed by atoms with Gasteiger partial charge in [0.05, 0.1) is 37.8 Å². The first kappa shape index (κ1) is 17.5. The Hall–Kier alpha value is -2.94. The summed E-state index contributed by atoms with van der Waals surface area (Å²) < 4.78 is 12.4. The molecule has 27 heavy (non-hydrogen) atoms. The summed E-state index contributed by atoms with van der Waals surface area (Å²) in [5.41, 5.74) is 2.23. The van der Waals surface area contributed by atoms with E-state index in [-0.39, 0.29) is 18.2 Å². The third-order valence-corrected chi connectivity index (χ3v) is 4.85. The van der Waals surface area contributed by atoms with Gasteiger partial charge in [-0.05, 0) is 25.7 Å². The van der Waals surface area contributed by atoms with Crippen LogP contribution in [0.3, 0.4) is 0 Å². The summed E-state index contributed by atoms with van der Waals surface area (Å²) in [7, 11) is 3.07. The van der Waals surface area contributed by atoms with Gasteiger partial charge in [-0.1, -0.05) is 0 Å². The molecule has 1 aliphatic carbocycles. The van der Waals surface area contributed by atoms with Crippen LogP contribution in [0, 0.1) is 0 Å². The lowest BCUT2D eigenvalue weighted by Crippen LogP contribution is -2.28. The smallest absolute Gasteiger partial charge is 0.319 e. The van der Waals surface area contributed by atoms with Crippen molar-refractivity contribution in [1.82, 2.24) is 24.3 Å². The van der Waals surface area contributed by atoms with E-state index >= 15 is 0 Å². The summed E-state index contributed by atoms with van der Waals surface area (Å²) in [5.74, 6) is 1.13. The molecule has 142 valence electrons. The minimum absolute atomic E-state index is 0.188. The van der Waals surface area contributed by atoms with Crippen molar-refractivity contribution in [3.63, 3.8) is 0 Å². The number of rotatable bonds is 5. The third-order valence-electron chi connectivity index (χ3n) is 4.85. The Morgan fingerprint density at radius 2 is 1.89 bits per heavy atom. The zero-order valence-corrected chi connectivity index (χ0v) is 15.3. The Bertz CT molecular complexity index is 936. The standard InChI is InChI=1S/C18H22N6O3/c1-26-17-13(9-21-18(23-17)27-2)14-10-20-16-15(19-7-8-24(14)16)22-11-3-5-12(25)6-4-11/h7-12,25H,3-6H2,1-2H3,(H,19,22). The van der Waals surface area contributed by atoms with E-state index in [1.807, 2.05) is 10.6 Å². The van der Waals surface area contributed by atoms with Crippen molar-refractivity contribution in [3.05, 3.63) is 24.8 Å². The number of aromatic nitrogens is 5. The molecule has 1 fully saturated rings. The van der Waals surface area contributed by atoms with E-state index in [1.165, 1.54) is 7.11 Å². The molecule has 0 unspecified atom stereocenters. The Balaban J connectivity index is 1.69. The van der Waals surface area contributed by atoms with E-state index in [1.54, 1.807) is 25.7 Å². The number of hydrogen-bond acceptors (Lipinski definition) is 8. The van der Waals surface area contributed by atoms with Crippen LogP contribution in [-0.2, 0) is 0 Å². The number of aliphatic hydroxyl groups excluding tert-OH is 1. The minimum Gasteiger partial charge on any atom is -0.480 e. The van der Waals surface area contributed by atoms with Crippen LogP contribution in [0.25, 0.3) is 16.9 Å². The van der Waals surface area contributed by atoms with Gasteiger partial charge >= 0.3 is 6.01 Å². The monoisotopic (exact) mass is 370 g/mol. The average Bonchev–Trinajstić information content (AvgIpc) is 3.14. The number of nitrogens with one attached hydrogen (secondary N) is 1. The second-order valence-corrected chi connectivity index (χ2v) is 6.54. The van der Waals surface area contributed by atoms with Crippen LogP contribution in [-0.4, -0.2) is 55.8 Å². The van der Waals surface area contributed by atoms with Crippen LogP contribution in [0.1, 0.15) is 25.7 Å². The zero-order valence-electron chi connectivity index (χ0n) is 15.3. The van der Waals surface area contributed by atoms with Gasteiger partial charge in [-0.15, -0.1) is 0 Å². The van der Waals surface area contributed by atoms with Crippen LogP contribution in [0.4, 0.5) is 5.82 Å². The second kappa shape index (κ2) is 7.36. The van der Waals surface area contributed by atoms with Crippen molar-refractivity contribution in [3.8, 4) is 23.1 Å². The number of nitrogens with zero attached hydrogens (tertiary/aromatic N) is 5. The number of hydrogen-bond donors (Lipinski definition) is 2. The number of fused-ring (bicyclic) bond motifs is 1. The molecule has 0 spiro atoms. The van der Waals surface area contributed by atoms with Crippen LogP contribution < -0.4 is 14.8 Å². The van der Waals surface area contributed by atoms with Crippen molar-refractivity contribution >= 4 is 11.5 Å². The molecule has 0 bridgehead atoms. The highest BCUT2D eigenvalue weighted by molar-refractivity contribution is 5.72. The van der Waals surface area contributed by atoms with Crippen molar-refractivity contribution in [1.29, 1.82) is 0 Å². The number of imidazole rings is 1. The first-order valence-electron chi connectivity index (χ1n) is 8.91. The maximum absolute atomic E-state index is 9.69. The first-order chi connectivity index (χ1) is 13.2. The van der Waals surface area contributed by atoms with Gasteiger partial charge in [-0.25, -0.2) is 15.0 Å². The fraction of sp³-hybridized carbons (Fsp3) is 0.444. The number of anilines is 1. The summed E-state index contributed by atoms with van der Waals surface area (Å²) in [4.78, 5) is 17.4. The molecule has 3 heterocycles. The molecule has 0 aromatic carbocycles. The van der Waals surface area contributed by atoms with Gasteiger partial charge in [0.2, 0.25) is 5.88 Å². The van der Waals surface area contributed by atoms with Crippen LogP contribution in [0.2, 0.25) is 0 Å². The van der Waals surface area contributed by atoms with Gasteiger partial charge in [0, 0.05) is 24.6 Å². The molecule has 9 heteroatoms. The van der Waals surface area contributed by atoms with Gasteiger partial charge in [0.1, 0.15) is 0 Å². The molecule has 0 radical (unpaired) electrons. The maximum Gasteiger partial charge on any atom is 0.319 e. The highest BCUT2D eigenvalue weighted by atomic mass is 16.5. The molecule has 0 atom stereocenters. The summed E-state index contributed by atoms with van der Waals surface area (Å²) in [6, 6.07) is 0.527. The molecular weight excluding hydrogens is 348 g/mol. The summed E-state index contributed by atoms with van der Waals surface area (Å²) in [5, 5.41) is 13.2. The molecular formula is C18H22N6O3. The third kappa shape index (κ3) is 3.37. The Kier molecular flexibility index (Phi) is 4.76. The van der Waals surface area contributed by atoms with Crippen LogP contribution >= 0.6 is 0 Å². The molecule has 1 aliphatic rings. The normalized spacial score (nSPS) is 19.8. The van der Waals surface area contributed by atoms with Crippen molar-refractivity contribution < 1.29 is 14.6 Å². The maximum atomic E-state index is 9.69. The highest BCUT2D eigenvalue weighted by Crippen LogP contribution is 2.31. The van der Waals surface area contributed by atoms with Gasteiger partial charge in [-0.2, -0.15) is 4.98 Å². The highest BCUT2D eigenvalue weighted by Gasteiger charge is 2.21. The van der Waals surface area contributed by atoms with E-state index in [2.05, 4.69) is 25.3 Å². The zero-order chi connectivity index (χ0) is 18.8. The van der Waals surface area contributed by atoms with E-state index in [0.717, 1.165) is 42.8 Å². The molecule has 2 N–H and O–H groups in total. The first-order valence-corrected chi connectivity index (χ1v) is 8.91. The van der Waals surface area contributed by atoms with Gasteiger partial charge < -0.3 is 19.9 Å². The van der Waals surface area contributed by atoms with Crippen molar-refractivity contribution in [2.24, 2.45) is 0 Å². The van der Waals surface area contributed by atoms with E-state index in [4.69, 9.17) is 9.47 Å². The van der Waals surface area contributed by atoms with E-state index in [9.17, 15) is 5.11 Å².